The summed E-state index contributed by atoms with van der Waals surface area (Å²) in [6, 6.07) is 25.0. The quantitative estimate of drug-likeness (QED) is 0.200. The second-order valence-corrected chi connectivity index (χ2v) is 11.1. The van der Waals surface area contributed by atoms with E-state index in [-0.39, 0.29) is 0 Å². The van der Waals surface area contributed by atoms with Gasteiger partial charge in [-0.1, -0.05) is 88.7 Å². The number of alkyl halides is 1. The second kappa shape index (κ2) is 9.40. The molecule has 0 N–H and O–H groups in total. The summed E-state index contributed by atoms with van der Waals surface area (Å²) in [6.45, 7) is 3.77. The van der Waals surface area contributed by atoms with Gasteiger partial charge in [0.2, 0.25) is 9.84 Å². The zero-order chi connectivity index (χ0) is 23.7. The van der Waals surface area contributed by atoms with E-state index in [1.807, 2.05) is 73.7 Å². The van der Waals surface area contributed by atoms with Crippen LogP contribution in [0.4, 0.5) is 5.69 Å². The highest BCUT2D eigenvalue weighted by molar-refractivity contribution is 9.08. The number of hydrogen-bond donors (Lipinski definition) is 0. The van der Waals surface area contributed by atoms with Crippen LogP contribution >= 0.6 is 15.9 Å². The molecule has 4 aromatic rings. The molecule has 0 aliphatic carbocycles. The molecule has 1 aliphatic rings. The predicted octanol–water partition coefficient (Wildman–Crippen LogP) is 7.31. The zero-order valence-electron chi connectivity index (χ0n) is 19.0. The Morgan fingerprint density at radius 3 is 2.32 bits per heavy atom. The van der Waals surface area contributed by atoms with Crippen LogP contribution in [0.5, 0.6) is 0 Å². The Kier molecular flexibility index (Phi) is 6.32. The SMILES string of the molecule is Cc1cc(S(=O)(=O)c2ccc3ccccc3c2)c(-c2ccccc2)c(CBr)c1N1CC=CCC1. The molecule has 1 aliphatic heterocycles. The van der Waals surface area contributed by atoms with Crippen LogP contribution in [-0.2, 0) is 15.2 Å². The first-order valence-corrected chi connectivity index (χ1v) is 14.0. The average Bonchev–Trinajstić information content (AvgIpc) is 2.88. The Labute approximate surface area is 209 Å². The molecular formula is C29H26BrNO2S. The van der Waals surface area contributed by atoms with E-state index in [1.54, 1.807) is 12.1 Å². The van der Waals surface area contributed by atoms with Gasteiger partial charge >= 0.3 is 0 Å². The highest BCUT2D eigenvalue weighted by atomic mass is 79.9. The minimum Gasteiger partial charge on any atom is -0.367 e. The van der Waals surface area contributed by atoms with Gasteiger partial charge in [0, 0.05) is 29.7 Å². The number of aryl methyl sites for hydroxylation is 1. The molecule has 0 bridgehead atoms. The van der Waals surface area contributed by atoms with Crippen molar-refractivity contribution in [2.24, 2.45) is 0 Å². The summed E-state index contributed by atoms with van der Waals surface area (Å²) in [5, 5.41) is 2.50. The summed E-state index contributed by atoms with van der Waals surface area (Å²) in [7, 11) is -3.77. The molecule has 1 heterocycles. The van der Waals surface area contributed by atoms with Gasteiger partial charge in [-0.3, -0.25) is 0 Å². The number of halogens is 1. The third-order valence-corrected chi connectivity index (χ3v) is 8.78. The number of hydrogen-bond acceptors (Lipinski definition) is 3. The summed E-state index contributed by atoms with van der Waals surface area (Å²) >= 11 is 3.71. The lowest BCUT2D eigenvalue weighted by atomic mass is 9.95. The molecule has 34 heavy (non-hydrogen) atoms. The number of anilines is 1. The lowest BCUT2D eigenvalue weighted by Gasteiger charge is -2.31. The summed E-state index contributed by atoms with van der Waals surface area (Å²) in [4.78, 5) is 3.03. The van der Waals surface area contributed by atoms with Crippen molar-refractivity contribution in [3.8, 4) is 11.1 Å². The molecule has 0 radical (unpaired) electrons. The van der Waals surface area contributed by atoms with Crippen LogP contribution in [0.15, 0.2) is 101 Å². The number of rotatable bonds is 5. The van der Waals surface area contributed by atoms with E-state index in [0.717, 1.165) is 58.2 Å². The third kappa shape index (κ3) is 4.08. The van der Waals surface area contributed by atoms with Crippen molar-refractivity contribution in [1.82, 2.24) is 0 Å². The van der Waals surface area contributed by atoms with Gasteiger partial charge in [0.1, 0.15) is 0 Å². The molecule has 172 valence electrons. The molecule has 5 rings (SSSR count). The predicted molar refractivity (Wildman–Crippen MR) is 145 cm³/mol. The van der Waals surface area contributed by atoms with E-state index >= 15 is 0 Å². The van der Waals surface area contributed by atoms with Gasteiger partial charge in [-0.2, -0.15) is 0 Å². The summed E-state index contributed by atoms with van der Waals surface area (Å²) in [5.41, 5.74) is 4.80. The van der Waals surface area contributed by atoms with Gasteiger partial charge < -0.3 is 4.90 Å². The van der Waals surface area contributed by atoms with Crippen LogP contribution in [0.1, 0.15) is 17.5 Å². The maximum absolute atomic E-state index is 14.1. The molecule has 0 spiro atoms. The van der Waals surface area contributed by atoms with Crippen molar-refractivity contribution < 1.29 is 8.42 Å². The van der Waals surface area contributed by atoms with E-state index in [4.69, 9.17) is 0 Å². The Bertz CT molecular complexity index is 1490. The van der Waals surface area contributed by atoms with Crippen LogP contribution in [-0.4, -0.2) is 21.5 Å². The van der Waals surface area contributed by atoms with Gasteiger partial charge in [-0.25, -0.2) is 8.42 Å². The Balaban J connectivity index is 1.79. The molecule has 0 aromatic heterocycles. The van der Waals surface area contributed by atoms with Gasteiger partial charge in [-0.15, -0.1) is 0 Å². The normalized spacial score (nSPS) is 14.0. The third-order valence-electron chi connectivity index (χ3n) is 6.45. The van der Waals surface area contributed by atoms with Crippen molar-refractivity contribution in [1.29, 1.82) is 0 Å². The van der Waals surface area contributed by atoms with Gasteiger partial charge in [0.05, 0.1) is 9.79 Å². The molecular weight excluding hydrogens is 506 g/mol. The average molecular weight is 533 g/mol. The smallest absolute Gasteiger partial charge is 0.207 e. The van der Waals surface area contributed by atoms with E-state index < -0.39 is 9.84 Å². The first-order valence-electron chi connectivity index (χ1n) is 11.4. The van der Waals surface area contributed by atoms with E-state index in [0.29, 0.717) is 15.1 Å². The Hall–Kier alpha value is -2.89. The lowest BCUT2D eigenvalue weighted by molar-refractivity contribution is 0.596. The Morgan fingerprint density at radius 1 is 0.882 bits per heavy atom. The van der Waals surface area contributed by atoms with Crippen LogP contribution in [0, 0.1) is 6.92 Å². The van der Waals surface area contributed by atoms with Crippen molar-refractivity contribution in [3.63, 3.8) is 0 Å². The number of sulfone groups is 1. The van der Waals surface area contributed by atoms with Gasteiger partial charge in [0.15, 0.2) is 0 Å². The first-order chi connectivity index (χ1) is 16.5. The monoisotopic (exact) mass is 531 g/mol. The maximum atomic E-state index is 14.1. The van der Waals surface area contributed by atoms with Crippen molar-refractivity contribution in [3.05, 3.63) is 102 Å². The highest BCUT2D eigenvalue weighted by Gasteiger charge is 2.28. The first kappa shape index (κ1) is 22.9. The standard InChI is InChI=1S/C29H26BrNO2S/c1-21-18-27(34(32,33)25-15-14-22-10-6-7-13-24(22)19-25)28(23-11-4-2-5-12-23)26(20-30)29(21)31-16-8-3-9-17-31/h2-8,10-15,18-19H,9,16-17,20H2,1H3. The van der Waals surface area contributed by atoms with E-state index in [1.165, 1.54) is 0 Å². The van der Waals surface area contributed by atoms with Crippen LogP contribution in [0.2, 0.25) is 0 Å². The van der Waals surface area contributed by atoms with Crippen LogP contribution in [0.25, 0.3) is 21.9 Å². The molecule has 0 saturated carbocycles. The number of benzene rings is 4. The highest BCUT2D eigenvalue weighted by Crippen LogP contribution is 2.42. The topological polar surface area (TPSA) is 37.4 Å². The van der Waals surface area contributed by atoms with Crippen molar-refractivity contribution in [2.45, 2.75) is 28.5 Å². The molecule has 0 amide bonds. The second-order valence-electron chi connectivity index (χ2n) is 8.61. The van der Waals surface area contributed by atoms with E-state index in [2.05, 4.69) is 33.0 Å². The summed E-state index contributed by atoms with van der Waals surface area (Å²) < 4.78 is 28.3. The fourth-order valence-electron chi connectivity index (χ4n) is 4.85. The fourth-order valence-corrected chi connectivity index (χ4v) is 7.02. The minimum atomic E-state index is -3.77. The number of fused-ring (bicyclic) bond motifs is 1. The molecule has 0 unspecified atom stereocenters. The summed E-state index contributed by atoms with van der Waals surface area (Å²) in [5.74, 6) is 0. The maximum Gasteiger partial charge on any atom is 0.207 e. The number of nitrogens with zero attached hydrogens (tertiary/aromatic N) is 1. The van der Waals surface area contributed by atoms with Crippen LogP contribution in [0.3, 0.4) is 0 Å². The minimum absolute atomic E-state index is 0.317. The molecule has 4 aromatic carbocycles. The molecule has 5 heteroatoms. The van der Waals surface area contributed by atoms with Crippen LogP contribution < -0.4 is 4.90 Å². The fraction of sp³-hybridized carbons (Fsp3) is 0.172. The molecule has 0 saturated heterocycles. The zero-order valence-corrected chi connectivity index (χ0v) is 21.4. The van der Waals surface area contributed by atoms with Gasteiger partial charge in [-0.05, 0) is 59.0 Å². The largest absolute Gasteiger partial charge is 0.367 e. The van der Waals surface area contributed by atoms with Crippen molar-refractivity contribution >= 4 is 42.2 Å². The van der Waals surface area contributed by atoms with Gasteiger partial charge in [0.25, 0.3) is 0 Å². The molecule has 0 atom stereocenters. The molecule has 3 nitrogen and oxygen atoms in total. The summed E-state index contributed by atoms with van der Waals surface area (Å²) in [6.07, 6.45) is 5.37. The van der Waals surface area contributed by atoms with E-state index in [9.17, 15) is 8.42 Å². The molecule has 0 fully saturated rings. The lowest BCUT2D eigenvalue weighted by Crippen LogP contribution is -2.29. The van der Waals surface area contributed by atoms with Crippen molar-refractivity contribution in [2.75, 3.05) is 18.0 Å². The Morgan fingerprint density at radius 2 is 1.62 bits per heavy atom.